The van der Waals surface area contributed by atoms with Gasteiger partial charge < -0.3 is 5.32 Å². The van der Waals surface area contributed by atoms with E-state index < -0.39 is 9.84 Å². The number of sulfone groups is 1. The molecule has 90 valence electrons. The van der Waals surface area contributed by atoms with Gasteiger partial charge in [-0.25, -0.2) is 8.42 Å². The smallest absolute Gasteiger partial charge is 0.150 e. The molecule has 1 aliphatic heterocycles. The van der Waals surface area contributed by atoms with Crippen LogP contribution >= 0.6 is 11.3 Å². The van der Waals surface area contributed by atoms with Gasteiger partial charge in [0.25, 0.3) is 0 Å². The van der Waals surface area contributed by atoms with Crippen molar-refractivity contribution in [2.24, 2.45) is 5.92 Å². The standard InChI is InChI=1S/C11H17NO2S2/c1-2-12-11(9-3-5-15-7-9)10-4-6-16(13,14)8-10/h3,5,7,10-12H,2,4,6,8H2,1H3. The van der Waals surface area contributed by atoms with Crippen molar-refractivity contribution in [2.75, 3.05) is 18.1 Å². The van der Waals surface area contributed by atoms with E-state index in [9.17, 15) is 8.42 Å². The largest absolute Gasteiger partial charge is 0.310 e. The van der Waals surface area contributed by atoms with Crippen LogP contribution in [0.3, 0.4) is 0 Å². The number of thiophene rings is 1. The molecule has 3 nitrogen and oxygen atoms in total. The third-order valence-electron chi connectivity index (χ3n) is 3.07. The second-order valence-electron chi connectivity index (χ2n) is 4.26. The van der Waals surface area contributed by atoms with Crippen LogP contribution in [-0.2, 0) is 9.84 Å². The minimum absolute atomic E-state index is 0.202. The molecular formula is C11H17NO2S2. The molecule has 1 N–H and O–H groups in total. The minimum Gasteiger partial charge on any atom is -0.310 e. The quantitative estimate of drug-likeness (QED) is 0.897. The predicted molar refractivity (Wildman–Crippen MR) is 67.5 cm³/mol. The van der Waals surface area contributed by atoms with Crippen molar-refractivity contribution in [3.63, 3.8) is 0 Å². The molecule has 2 unspecified atom stereocenters. The first-order valence-corrected chi connectivity index (χ1v) is 8.34. The van der Waals surface area contributed by atoms with E-state index in [0.29, 0.717) is 11.5 Å². The molecule has 1 saturated heterocycles. The highest BCUT2D eigenvalue weighted by atomic mass is 32.2. The Balaban J connectivity index is 2.15. The van der Waals surface area contributed by atoms with Gasteiger partial charge in [0.1, 0.15) is 0 Å². The zero-order valence-electron chi connectivity index (χ0n) is 9.35. The third kappa shape index (κ3) is 2.64. The fraction of sp³-hybridized carbons (Fsp3) is 0.636. The number of rotatable bonds is 4. The topological polar surface area (TPSA) is 46.2 Å². The molecule has 5 heteroatoms. The molecule has 1 aliphatic rings. The lowest BCUT2D eigenvalue weighted by molar-refractivity contribution is 0.401. The van der Waals surface area contributed by atoms with Gasteiger partial charge in [-0.1, -0.05) is 6.92 Å². The molecule has 0 spiro atoms. The van der Waals surface area contributed by atoms with Crippen LogP contribution in [0.15, 0.2) is 16.8 Å². The monoisotopic (exact) mass is 259 g/mol. The summed E-state index contributed by atoms with van der Waals surface area (Å²) in [5.74, 6) is 0.920. The number of nitrogens with one attached hydrogen (secondary N) is 1. The minimum atomic E-state index is -2.79. The van der Waals surface area contributed by atoms with Crippen LogP contribution in [-0.4, -0.2) is 26.5 Å². The van der Waals surface area contributed by atoms with Gasteiger partial charge in [-0.3, -0.25) is 0 Å². The van der Waals surface area contributed by atoms with Gasteiger partial charge in [0.05, 0.1) is 11.5 Å². The van der Waals surface area contributed by atoms with Crippen molar-refractivity contribution in [1.82, 2.24) is 5.32 Å². The first kappa shape index (κ1) is 12.1. The predicted octanol–water partition coefficient (Wildman–Crippen LogP) is 1.83. The summed E-state index contributed by atoms with van der Waals surface area (Å²) in [5.41, 5.74) is 1.23. The maximum Gasteiger partial charge on any atom is 0.150 e. The SMILES string of the molecule is CCNC(c1ccsc1)C1CCS(=O)(=O)C1. The van der Waals surface area contributed by atoms with E-state index in [0.717, 1.165) is 13.0 Å². The van der Waals surface area contributed by atoms with E-state index in [1.54, 1.807) is 11.3 Å². The molecule has 1 fully saturated rings. The Bertz CT molecular complexity index is 425. The Labute approximate surface area is 101 Å². The van der Waals surface area contributed by atoms with Gasteiger partial charge in [-0.15, -0.1) is 0 Å². The molecule has 0 aromatic carbocycles. The zero-order valence-corrected chi connectivity index (χ0v) is 11.0. The average molecular weight is 259 g/mol. The maximum absolute atomic E-state index is 11.5. The second kappa shape index (κ2) is 4.85. The van der Waals surface area contributed by atoms with Crippen LogP contribution in [0.25, 0.3) is 0 Å². The molecule has 0 bridgehead atoms. The summed E-state index contributed by atoms with van der Waals surface area (Å²) in [5, 5.41) is 7.56. The molecule has 1 aromatic heterocycles. The van der Waals surface area contributed by atoms with Gasteiger partial charge >= 0.3 is 0 Å². The van der Waals surface area contributed by atoms with Gasteiger partial charge in [-0.2, -0.15) is 11.3 Å². The van der Waals surface area contributed by atoms with E-state index >= 15 is 0 Å². The first-order valence-electron chi connectivity index (χ1n) is 5.58. The first-order chi connectivity index (χ1) is 7.62. The van der Waals surface area contributed by atoms with Crippen LogP contribution in [0.1, 0.15) is 24.9 Å². The lowest BCUT2D eigenvalue weighted by atomic mass is 9.94. The molecule has 2 heterocycles. The van der Waals surface area contributed by atoms with Crippen molar-refractivity contribution >= 4 is 21.2 Å². The molecule has 2 rings (SSSR count). The lowest BCUT2D eigenvalue weighted by Gasteiger charge is -2.22. The van der Waals surface area contributed by atoms with Crippen molar-refractivity contribution < 1.29 is 8.42 Å². The Morgan fingerprint density at radius 2 is 2.44 bits per heavy atom. The highest BCUT2D eigenvalue weighted by Gasteiger charge is 2.34. The maximum atomic E-state index is 11.5. The molecule has 16 heavy (non-hydrogen) atoms. The molecular weight excluding hydrogens is 242 g/mol. The molecule has 0 saturated carbocycles. The van der Waals surface area contributed by atoms with E-state index in [1.807, 2.05) is 5.38 Å². The van der Waals surface area contributed by atoms with Gasteiger partial charge in [0.2, 0.25) is 0 Å². The van der Waals surface area contributed by atoms with E-state index in [4.69, 9.17) is 0 Å². The average Bonchev–Trinajstić information content (AvgIpc) is 2.83. The molecule has 0 aliphatic carbocycles. The van der Waals surface area contributed by atoms with E-state index in [-0.39, 0.29) is 12.0 Å². The Morgan fingerprint density at radius 1 is 1.62 bits per heavy atom. The van der Waals surface area contributed by atoms with Crippen molar-refractivity contribution in [3.8, 4) is 0 Å². The lowest BCUT2D eigenvalue weighted by Crippen LogP contribution is -2.28. The Hall–Kier alpha value is -0.390. The van der Waals surface area contributed by atoms with Crippen LogP contribution in [0.2, 0.25) is 0 Å². The van der Waals surface area contributed by atoms with Crippen LogP contribution in [0.5, 0.6) is 0 Å². The number of hydrogen-bond acceptors (Lipinski definition) is 4. The summed E-state index contributed by atoms with van der Waals surface area (Å²) in [6, 6.07) is 2.29. The molecule has 0 amide bonds. The van der Waals surface area contributed by atoms with Crippen molar-refractivity contribution in [3.05, 3.63) is 22.4 Å². The third-order valence-corrected chi connectivity index (χ3v) is 5.56. The number of hydrogen-bond donors (Lipinski definition) is 1. The summed E-state index contributed by atoms with van der Waals surface area (Å²) in [7, 11) is -2.79. The van der Waals surface area contributed by atoms with E-state index in [2.05, 4.69) is 23.7 Å². The van der Waals surface area contributed by atoms with Crippen LogP contribution in [0.4, 0.5) is 0 Å². The van der Waals surface area contributed by atoms with E-state index in [1.165, 1.54) is 5.56 Å². The van der Waals surface area contributed by atoms with Crippen molar-refractivity contribution in [2.45, 2.75) is 19.4 Å². The summed E-state index contributed by atoms with van der Waals surface area (Å²) in [6.07, 6.45) is 0.788. The second-order valence-corrected chi connectivity index (χ2v) is 7.26. The fourth-order valence-electron chi connectivity index (χ4n) is 2.32. The normalized spacial score (nSPS) is 25.7. The summed E-state index contributed by atoms with van der Waals surface area (Å²) in [6.45, 7) is 2.93. The highest BCUT2D eigenvalue weighted by molar-refractivity contribution is 7.91. The van der Waals surface area contributed by atoms with Crippen LogP contribution < -0.4 is 5.32 Å². The molecule has 1 aromatic rings. The van der Waals surface area contributed by atoms with Gasteiger partial charge in [0, 0.05) is 6.04 Å². The summed E-state index contributed by atoms with van der Waals surface area (Å²) >= 11 is 1.66. The fourth-order valence-corrected chi connectivity index (χ4v) is 4.85. The Morgan fingerprint density at radius 3 is 2.94 bits per heavy atom. The molecule has 2 atom stereocenters. The van der Waals surface area contributed by atoms with Crippen molar-refractivity contribution in [1.29, 1.82) is 0 Å². The van der Waals surface area contributed by atoms with Crippen LogP contribution in [0, 0.1) is 5.92 Å². The zero-order chi connectivity index (χ0) is 11.6. The van der Waals surface area contributed by atoms with Gasteiger partial charge in [-0.05, 0) is 41.3 Å². The van der Waals surface area contributed by atoms with Gasteiger partial charge in [0.15, 0.2) is 9.84 Å². The summed E-state index contributed by atoms with van der Waals surface area (Å²) < 4.78 is 23.0. The highest BCUT2D eigenvalue weighted by Crippen LogP contribution is 2.32. The summed E-state index contributed by atoms with van der Waals surface area (Å²) in [4.78, 5) is 0. The molecule has 0 radical (unpaired) electrons. The Kier molecular flexibility index (Phi) is 3.66.